The van der Waals surface area contributed by atoms with Crippen molar-refractivity contribution >= 4 is 0 Å². The molecule has 4 nitrogen and oxygen atoms in total. The van der Waals surface area contributed by atoms with Crippen molar-refractivity contribution in [2.24, 2.45) is 5.92 Å². The van der Waals surface area contributed by atoms with Gasteiger partial charge in [-0.1, -0.05) is 13.3 Å². The van der Waals surface area contributed by atoms with Gasteiger partial charge in [-0.25, -0.2) is 4.98 Å². The Morgan fingerprint density at radius 3 is 2.68 bits per heavy atom. The standard InChI is InChI=1S/C15H23N3O/c1-11-4-2-3-5-14(11)19-15-10-17-13(9-18-15)8-16-12-6-7-12/h9-12,14,16H,2-8H2,1H3. The molecule has 2 fully saturated rings. The Hall–Kier alpha value is -1.16. The molecule has 2 saturated carbocycles. The summed E-state index contributed by atoms with van der Waals surface area (Å²) in [4.78, 5) is 8.80. The molecule has 0 saturated heterocycles. The minimum absolute atomic E-state index is 0.318. The lowest BCUT2D eigenvalue weighted by atomic mass is 9.88. The Bertz CT molecular complexity index is 402. The summed E-state index contributed by atoms with van der Waals surface area (Å²) in [6.45, 7) is 3.09. The van der Waals surface area contributed by atoms with Gasteiger partial charge in [-0.2, -0.15) is 0 Å². The monoisotopic (exact) mass is 261 g/mol. The fraction of sp³-hybridized carbons (Fsp3) is 0.733. The molecule has 2 aliphatic rings. The molecule has 4 heteroatoms. The summed E-state index contributed by atoms with van der Waals surface area (Å²) in [6, 6.07) is 0.709. The largest absolute Gasteiger partial charge is 0.473 e. The molecule has 19 heavy (non-hydrogen) atoms. The van der Waals surface area contributed by atoms with Crippen LogP contribution in [0.2, 0.25) is 0 Å². The van der Waals surface area contributed by atoms with Crippen molar-refractivity contribution in [1.82, 2.24) is 15.3 Å². The zero-order valence-corrected chi connectivity index (χ0v) is 11.6. The third-order valence-electron chi connectivity index (χ3n) is 4.14. The summed E-state index contributed by atoms with van der Waals surface area (Å²) < 4.78 is 5.97. The first kappa shape index (κ1) is 12.9. The Labute approximate surface area is 115 Å². The lowest BCUT2D eigenvalue weighted by Gasteiger charge is -2.28. The van der Waals surface area contributed by atoms with Crippen molar-refractivity contribution in [1.29, 1.82) is 0 Å². The second-order valence-electron chi connectivity index (χ2n) is 5.92. The fourth-order valence-corrected chi connectivity index (χ4v) is 2.64. The molecule has 0 bridgehead atoms. The number of aromatic nitrogens is 2. The fourth-order valence-electron chi connectivity index (χ4n) is 2.64. The van der Waals surface area contributed by atoms with Gasteiger partial charge in [0.2, 0.25) is 5.88 Å². The van der Waals surface area contributed by atoms with Crippen LogP contribution in [0.15, 0.2) is 12.4 Å². The molecule has 0 aromatic carbocycles. The molecule has 2 atom stereocenters. The molecule has 0 spiro atoms. The van der Waals surface area contributed by atoms with Crippen molar-refractivity contribution in [2.45, 2.75) is 64.1 Å². The highest BCUT2D eigenvalue weighted by Gasteiger charge is 2.23. The van der Waals surface area contributed by atoms with E-state index in [2.05, 4.69) is 22.2 Å². The second-order valence-corrected chi connectivity index (χ2v) is 5.92. The average molecular weight is 261 g/mol. The molecule has 104 valence electrons. The van der Waals surface area contributed by atoms with E-state index in [4.69, 9.17) is 4.74 Å². The van der Waals surface area contributed by atoms with E-state index in [1.807, 2.05) is 6.20 Å². The highest BCUT2D eigenvalue weighted by molar-refractivity contribution is 5.08. The topological polar surface area (TPSA) is 47.0 Å². The van der Waals surface area contributed by atoms with Crippen molar-refractivity contribution < 1.29 is 4.74 Å². The first-order valence-corrected chi connectivity index (χ1v) is 7.52. The molecule has 0 aliphatic heterocycles. The molecule has 1 heterocycles. The predicted molar refractivity (Wildman–Crippen MR) is 73.9 cm³/mol. The molecule has 2 unspecified atom stereocenters. The molecule has 0 amide bonds. The summed E-state index contributed by atoms with van der Waals surface area (Å²) >= 11 is 0. The highest BCUT2D eigenvalue weighted by atomic mass is 16.5. The maximum Gasteiger partial charge on any atom is 0.232 e. The first-order valence-electron chi connectivity index (χ1n) is 7.52. The third-order valence-corrected chi connectivity index (χ3v) is 4.14. The van der Waals surface area contributed by atoms with Gasteiger partial charge in [-0.05, 0) is 38.0 Å². The van der Waals surface area contributed by atoms with Crippen LogP contribution in [0.5, 0.6) is 5.88 Å². The van der Waals surface area contributed by atoms with Gasteiger partial charge in [-0.15, -0.1) is 0 Å². The molecule has 3 rings (SSSR count). The SMILES string of the molecule is CC1CCCCC1Oc1cnc(CNC2CC2)cn1. The van der Waals surface area contributed by atoms with Gasteiger partial charge < -0.3 is 10.1 Å². The number of hydrogen-bond acceptors (Lipinski definition) is 4. The average Bonchev–Trinajstić information content (AvgIpc) is 3.25. The van der Waals surface area contributed by atoms with E-state index in [9.17, 15) is 0 Å². The van der Waals surface area contributed by atoms with Gasteiger partial charge in [0.1, 0.15) is 6.10 Å². The number of rotatable bonds is 5. The number of hydrogen-bond donors (Lipinski definition) is 1. The van der Waals surface area contributed by atoms with Gasteiger partial charge in [0.15, 0.2) is 0 Å². The summed E-state index contributed by atoms with van der Waals surface area (Å²) in [7, 11) is 0. The minimum atomic E-state index is 0.318. The maximum absolute atomic E-state index is 5.97. The lowest BCUT2D eigenvalue weighted by Crippen LogP contribution is -2.28. The number of nitrogens with zero attached hydrogens (tertiary/aromatic N) is 2. The Morgan fingerprint density at radius 1 is 1.16 bits per heavy atom. The van der Waals surface area contributed by atoms with Crippen LogP contribution in [-0.4, -0.2) is 22.1 Å². The van der Waals surface area contributed by atoms with Crippen LogP contribution >= 0.6 is 0 Å². The van der Waals surface area contributed by atoms with E-state index in [1.54, 1.807) is 6.20 Å². The summed E-state index contributed by atoms with van der Waals surface area (Å²) in [5.41, 5.74) is 0.996. The van der Waals surface area contributed by atoms with E-state index in [0.717, 1.165) is 18.7 Å². The molecular weight excluding hydrogens is 238 g/mol. The summed E-state index contributed by atoms with van der Waals surface area (Å²) in [5.74, 6) is 1.31. The van der Waals surface area contributed by atoms with Crippen molar-refractivity contribution in [3.05, 3.63) is 18.1 Å². The number of nitrogens with one attached hydrogen (secondary N) is 1. The summed E-state index contributed by atoms with van der Waals surface area (Å²) in [6.07, 6.45) is 11.5. The molecule has 1 aromatic heterocycles. The first-order chi connectivity index (χ1) is 9.31. The van der Waals surface area contributed by atoms with Crippen LogP contribution in [0.25, 0.3) is 0 Å². The molecule has 2 aliphatic carbocycles. The second kappa shape index (κ2) is 5.87. The Morgan fingerprint density at radius 2 is 2.00 bits per heavy atom. The zero-order chi connectivity index (χ0) is 13.1. The number of ether oxygens (including phenoxy) is 1. The Kier molecular flexibility index (Phi) is 3.97. The van der Waals surface area contributed by atoms with Crippen LogP contribution < -0.4 is 10.1 Å². The van der Waals surface area contributed by atoms with Gasteiger partial charge in [0, 0.05) is 12.6 Å². The highest BCUT2D eigenvalue weighted by Crippen LogP contribution is 2.27. The van der Waals surface area contributed by atoms with Crippen LogP contribution in [0.1, 0.15) is 51.1 Å². The lowest BCUT2D eigenvalue weighted by molar-refractivity contribution is 0.0970. The zero-order valence-electron chi connectivity index (χ0n) is 11.6. The van der Waals surface area contributed by atoms with E-state index < -0.39 is 0 Å². The van der Waals surface area contributed by atoms with E-state index in [1.165, 1.54) is 32.1 Å². The smallest absolute Gasteiger partial charge is 0.232 e. The molecule has 1 N–H and O–H groups in total. The Balaban J connectivity index is 1.52. The quantitative estimate of drug-likeness (QED) is 0.885. The molecule has 0 radical (unpaired) electrons. The van der Waals surface area contributed by atoms with Gasteiger partial charge >= 0.3 is 0 Å². The van der Waals surface area contributed by atoms with Gasteiger partial charge in [-0.3, -0.25) is 4.98 Å². The third kappa shape index (κ3) is 3.66. The molecule has 1 aromatic rings. The van der Waals surface area contributed by atoms with Crippen LogP contribution in [-0.2, 0) is 6.54 Å². The van der Waals surface area contributed by atoms with E-state index in [0.29, 0.717) is 23.9 Å². The predicted octanol–water partition coefficient (Wildman–Crippen LogP) is 2.69. The summed E-state index contributed by atoms with van der Waals surface area (Å²) in [5, 5.41) is 3.44. The van der Waals surface area contributed by atoms with Crippen molar-refractivity contribution in [2.75, 3.05) is 0 Å². The van der Waals surface area contributed by atoms with Crippen molar-refractivity contribution in [3.8, 4) is 5.88 Å². The van der Waals surface area contributed by atoms with Crippen LogP contribution in [0, 0.1) is 5.92 Å². The van der Waals surface area contributed by atoms with Crippen LogP contribution in [0.3, 0.4) is 0 Å². The van der Waals surface area contributed by atoms with Crippen molar-refractivity contribution in [3.63, 3.8) is 0 Å². The van der Waals surface area contributed by atoms with E-state index in [-0.39, 0.29) is 0 Å². The molecular formula is C15H23N3O. The minimum Gasteiger partial charge on any atom is -0.473 e. The van der Waals surface area contributed by atoms with Gasteiger partial charge in [0.25, 0.3) is 0 Å². The normalized spacial score (nSPS) is 27.2. The van der Waals surface area contributed by atoms with E-state index >= 15 is 0 Å². The van der Waals surface area contributed by atoms with Crippen LogP contribution in [0.4, 0.5) is 0 Å². The van der Waals surface area contributed by atoms with Gasteiger partial charge in [0.05, 0.1) is 18.1 Å². The maximum atomic E-state index is 5.97.